The van der Waals surface area contributed by atoms with Crippen LogP contribution in [0.4, 0.5) is 0 Å². The normalized spacial score (nSPS) is 10.7. The molecule has 0 radical (unpaired) electrons. The molecule has 2 amide bonds. The molecule has 2 rings (SSSR count). The molecule has 2 aromatic rings. The van der Waals surface area contributed by atoms with Crippen molar-refractivity contribution in [1.29, 1.82) is 0 Å². The van der Waals surface area contributed by atoms with E-state index >= 15 is 0 Å². The average Bonchev–Trinajstić information content (AvgIpc) is 2.96. The Hall–Kier alpha value is -1.62. The van der Waals surface area contributed by atoms with Crippen LogP contribution in [0.25, 0.3) is 0 Å². The number of hydrazine groups is 1. The summed E-state index contributed by atoms with van der Waals surface area (Å²) in [6.07, 6.45) is 1.88. The number of rotatable bonds is 4. The third-order valence-corrected chi connectivity index (χ3v) is 4.49. The Balaban J connectivity index is 1.84. The van der Waals surface area contributed by atoms with Crippen LogP contribution in [0, 0.1) is 17.4 Å². The average molecular weight is 451 g/mol. The number of carbonyl (C=O) groups excluding carboxylic acids is 2. The zero-order valence-electron chi connectivity index (χ0n) is 12.9. The van der Waals surface area contributed by atoms with Crippen molar-refractivity contribution < 1.29 is 9.59 Å². The third-order valence-electron chi connectivity index (χ3n) is 3.16. The number of hydrogen-bond acceptors (Lipinski definition) is 4. The monoisotopic (exact) mass is 450 g/mol. The summed E-state index contributed by atoms with van der Waals surface area (Å²) in [5, 5.41) is 8.87. The number of aromatic nitrogens is 4. The lowest BCUT2D eigenvalue weighted by molar-refractivity contribution is -0.122. The highest BCUT2D eigenvalue weighted by Crippen LogP contribution is 2.18. The Labute approximate surface area is 151 Å². The molecule has 2 N–H and O–H groups in total. The predicted molar refractivity (Wildman–Crippen MR) is 92.9 cm³/mol. The molecule has 0 saturated carbocycles. The van der Waals surface area contributed by atoms with Crippen LogP contribution in [-0.2, 0) is 18.4 Å². The van der Waals surface area contributed by atoms with E-state index in [0.29, 0.717) is 15.1 Å². The lowest BCUT2D eigenvalue weighted by Crippen LogP contribution is -2.42. The van der Waals surface area contributed by atoms with Gasteiger partial charge in [0.05, 0.1) is 26.5 Å². The van der Waals surface area contributed by atoms with E-state index in [4.69, 9.17) is 11.6 Å². The van der Waals surface area contributed by atoms with Crippen LogP contribution < -0.4 is 10.9 Å². The first-order chi connectivity index (χ1) is 10.8. The number of halogens is 2. The van der Waals surface area contributed by atoms with Crippen LogP contribution in [-0.4, -0.2) is 31.4 Å². The fourth-order valence-electron chi connectivity index (χ4n) is 1.96. The van der Waals surface area contributed by atoms with Crippen molar-refractivity contribution in [1.82, 2.24) is 30.4 Å². The van der Waals surface area contributed by atoms with Crippen molar-refractivity contribution in [2.45, 2.75) is 26.8 Å². The largest absolute Gasteiger partial charge is 0.291 e. The summed E-state index contributed by atoms with van der Waals surface area (Å²) in [5.74, 6) is -0.787. The van der Waals surface area contributed by atoms with Crippen LogP contribution in [0.15, 0.2) is 6.20 Å². The molecule has 23 heavy (non-hydrogen) atoms. The summed E-state index contributed by atoms with van der Waals surface area (Å²) in [7, 11) is 1.72. The van der Waals surface area contributed by atoms with Gasteiger partial charge < -0.3 is 0 Å². The highest BCUT2D eigenvalue weighted by atomic mass is 127. The van der Waals surface area contributed by atoms with Crippen molar-refractivity contribution in [3.63, 3.8) is 0 Å². The Morgan fingerprint density at radius 1 is 1.30 bits per heavy atom. The van der Waals surface area contributed by atoms with Gasteiger partial charge in [-0.15, -0.1) is 0 Å². The first-order valence-corrected chi connectivity index (χ1v) is 8.23. The Bertz CT molecular complexity index is 754. The zero-order chi connectivity index (χ0) is 17.1. The summed E-state index contributed by atoms with van der Waals surface area (Å²) >= 11 is 8.06. The molecule has 0 aliphatic heterocycles. The van der Waals surface area contributed by atoms with Crippen molar-refractivity contribution in [3.8, 4) is 0 Å². The van der Waals surface area contributed by atoms with E-state index in [2.05, 4.69) is 21.0 Å². The number of nitrogens with one attached hydrogen (secondary N) is 2. The molecule has 2 heterocycles. The molecule has 0 atom stereocenters. The summed E-state index contributed by atoms with van der Waals surface area (Å²) in [6, 6.07) is 0. The molecule has 0 aliphatic carbocycles. The number of nitrogens with zero attached hydrogens (tertiary/aromatic N) is 4. The minimum absolute atomic E-state index is 0.165. The van der Waals surface area contributed by atoms with E-state index in [9.17, 15) is 9.59 Å². The fourth-order valence-corrected chi connectivity index (χ4v) is 2.85. The maximum atomic E-state index is 11.9. The quantitative estimate of drug-likeness (QED) is 0.543. The van der Waals surface area contributed by atoms with Crippen molar-refractivity contribution in [3.05, 3.63) is 31.9 Å². The second kappa shape index (κ2) is 7.30. The highest BCUT2D eigenvalue weighted by Gasteiger charge is 2.15. The number of hydrogen-bond donors (Lipinski definition) is 2. The van der Waals surface area contributed by atoms with E-state index in [-0.39, 0.29) is 18.0 Å². The Morgan fingerprint density at radius 3 is 2.52 bits per heavy atom. The molecule has 0 bridgehead atoms. The number of amides is 2. The minimum atomic E-state index is -0.461. The highest BCUT2D eigenvalue weighted by molar-refractivity contribution is 14.1. The molecule has 0 aromatic carbocycles. The van der Waals surface area contributed by atoms with E-state index in [1.807, 2.05) is 29.5 Å². The third kappa shape index (κ3) is 4.22. The van der Waals surface area contributed by atoms with Gasteiger partial charge in [-0.3, -0.25) is 29.8 Å². The van der Waals surface area contributed by atoms with Crippen LogP contribution in [0.1, 0.15) is 28.3 Å². The lowest BCUT2D eigenvalue weighted by Gasteiger charge is -2.07. The van der Waals surface area contributed by atoms with Gasteiger partial charge in [0.1, 0.15) is 0 Å². The van der Waals surface area contributed by atoms with E-state index in [0.717, 1.165) is 11.4 Å². The Kier molecular flexibility index (Phi) is 5.63. The van der Waals surface area contributed by atoms with Gasteiger partial charge in [0.25, 0.3) is 5.91 Å². The van der Waals surface area contributed by atoms with Crippen molar-refractivity contribution in [2.24, 2.45) is 7.05 Å². The molecular weight excluding hydrogens is 435 g/mol. The molecule has 2 aromatic heterocycles. The molecule has 0 spiro atoms. The topological polar surface area (TPSA) is 93.8 Å². The second-order valence-corrected chi connectivity index (χ2v) is 6.50. The maximum absolute atomic E-state index is 11.9. The standard InChI is InChI=1S/C13H16ClIN6O2/c1-7-11(14)8(2)21(18-7)5-4-10(22)16-17-13(23)12-9(15)6-20(3)19-12/h6H,4-5H2,1-3H3,(H,16,22)(H,17,23). The van der Waals surface area contributed by atoms with Gasteiger partial charge in [0.15, 0.2) is 5.69 Å². The summed E-state index contributed by atoms with van der Waals surface area (Å²) < 4.78 is 3.90. The Morgan fingerprint density at radius 2 is 2.00 bits per heavy atom. The number of carbonyl (C=O) groups is 2. The van der Waals surface area contributed by atoms with Crippen LogP contribution in [0.2, 0.25) is 5.02 Å². The van der Waals surface area contributed by atoms with Gasteiger partial charge in [0, 0.05) is 19.7 Å². The predicted octanol–water partition coefficient (Wildman–Crippen LogP) is 1.34. The van der Waals surface area contributed by atoms with Crippen molar-refractivity contribution in [2.75, 3.05) is 0 Å². The van der Waals surface area contributed by atoms with Gasteiger partial charge in [0.2, 0.25) is 5.91 Å². The maximum Gasteiger partial charge on any atom is 0.291 e. The van der Waals surface area contributed by atoms with Crippen molar-refractivity contribution >= 4 is 46.0 Å². The molecule has 0 aliphatic rings. The van der Waals surface area contributed by atoms with Gasteiger partial charge in [-0.25, -0.2) is 0 Å². The molecule has 10 heteroatoms. The first kappa shape index (κ1) is 17.7. The van der Waals surface area contributed by atoms with Gasteiger partial charge in [-0.05, 0) is 36.4 Å². The van der Waals surface area contributed by atoms with Crippen LogP contribution in [0.3, 0.4) is 0 Å². The molecular formula is C13H16ClIN6O2. The molecule has 8 nitrogen and oxygen atoms in total. The molecule has 0 saturated heterocycles. The van der Waals surface area contributed by atoms with Gasteiger partial charge in [-0.1, -0.05) is 11.6 Å². The summed E-state index contributed by atoms with van der Waals surface area (Å²) in [4.78, 5) is 23.7. The van der Waals surface area contributed by atoms with E-state index in [1.54, 1.807) is 24.9 Å². The van der Waals surface area contributed by atoms with E-state index in [1.165, 1.54) is 4.68 Å². The molecule has 0 fully saturated rings. The summed E-state index contributed by atoms with van der Waals surface area (Å²) in [5.41, 5.74) is 6.51. The summed E-state index contributed by atoms with van der Waals surface area (Å²) in [6.45, 7) is 4.02. The van der Waals surface area contributed by atoms with E-state index < -0.39 is 5.91 Å². The number of aryl methyl sites for hydroxylation is 3. The van der Waals surface area contributed by atoms with Crippen LogP contribution in [0.5, 0.6) is 0 Å². The van der Waals surface area contributed by atoms with Gasteiger partial charge in [-0.2, -0.15) is 10.2 Å². The fraction of sp³-hybridized carbons (Fsp3) is 0.385. The minimum Gasteiger partial charge on any atom is -0.274 e. The zero-order valence-corrected chi connectivity index (χ0v) is 15.8. The van der Waals surface area contributed by atoms with Crippen LogP contribution >= 0.6 is 34.2 Å². The molecule has 0 unspecified atom stereocenters. The first-order valence-electron chi connectivity index (χ1n) is 6.77. The lowest BCUT2D eigenvalue weighted by atomic mass is 10.3. The smallest absolute Gasteiger partial charge is 0.274 e. The SMILES string of the molecule is Cc1nn(CCC(=O)NNC(=O)c2nn(C)cc2I)c(C)c1Cl. The molecule has 124 valence electrons. The second-order valence-electron chi connectivity index (χ2n) is 4.96. The van der Waals surface area contributed by atoms with Gasteiger partial charge >= 0.3 is 0 Å².